The van der Waals surface area contributed by atoms with Gasteiger partial charge in [0.2, 0.25) is 0 Å². The molecule has 0 spiro atoms. The van der Waals surface area contributed by atoms with Crippen LogP contribution in [0.15, 0.2) is 77.4 Å². The van der Waals surface area contributed by atoms with Crippen LogP contribution >= 0.6 is 0 Å². The average Bonchev–Trinajstić information content (AvgIpc) is 3.30. The van der Waals surface area contributed by atoms with Gasteiger partial charge < -0.3 is 14.8 Å². The molecule has 1 N–H and O–H groups in total. The zero-order valence-electron chi connectivity index (χ0n) is 26.1. The van der Waals surface area contributed by atoms with Crippen molar-refractivity contribution >= 4 is 5.84 Å². The van der Waals surface area contributed by atoms with Gasteiger partial charge in [-0.05, 0) is 58.6 Å². The van der Waals surface area contributed by atoms with Crippen molar-refractivity contribution in [3.63, 3.8) is 0 Å². The predicted molar refractivity (Wildman–Crippen MR) is 172 cm³/mol. The summed E-state index contributed by atoms with van der Waals surface area (Å²) in [5.41, 5.74) is 2.13. The molecule has 2 aliphatic heterocycles. The van der Waals surface area contributed by atoms with Gasteiger partial charge in [0.1, 0.15) is 18.2 Å². The van der Waals surface area contributed by atoms with Crippen LogP contribution < -0.4 is 10.1 Å². The van der Waals surface area contributed by atoms with Gasteiger partial charge >= 0.3 is 0 Å². The third kappa shape index (κ3) is 13.1. The van der Waals surface area contributed by atoms with E-state index in [0.29, 0.717) is 13.2 Å². The van der Waals surface area contributed by atoms with Crippen LogP contribution in [-0.4, -0.2) is 30.6 Å². The Labute approximate surface area is 240 Å². The van der Waals surface area contributed by atoms with E-state index in [1.807, 2.05) is 45.0 Å². The minimum absolute atomic E-state index is 0.0469. The first kappa shape index (κ1) is 36.0. The Morgan fingerprint density at radius 3 is 2.36 bits per heavy atom. The molecular formula is C35H54N2O2. The van der Waals surface area contributed by atoms with Gasteiger partial charge in [-0.2, -0.15) is 0 Å². The average molecular weight is 535 g/mol. The van der Waals surface area contributed by atoms with Crippen LogP contribution in [0.1, 0.15) is 99.7 Å². The number of ether oxygens (including phenoxy) is 2. The van der Waals surface area contributed by atoms with E-state index in [4.69, 9.17) is 14.5 Å². The van der Waals surface area contributed by atoms with Gasteiger partial charge in [-0.3, -0.25) is 4.99 Å². The van der Waals surface area contributed by atoms with Crippen LogP contribution in [0.25, 0.3) is 0 Å². The summed E-state index contributed by atoms with van der Waals surface area (Å²) < 4.78 is 12.0. The zero-order chi connectivity index (χ0) is 29.5. The molecule has 0 saturated carbocycles. The Bertz CT molecular complexity index is 975. The fraction of sp³-hybridized carbons (Fsp3) is 0.514. The molecule has 0 bridgehead atoms. The van der Waals surface area contributed by atoms with Crippen molar-refractivity contribution in [1.29, 1.82) is 0 Å². The summed E-state index contributed by atoms with van der Waals surface area (Å²) in [5.74, 6) is 4.09. The molecular weight excluding hydrogens is 480 g/mol. The van der Waals surface area contributed by atoms with E-state index in [1.165, 1.54) is 18.4 Å². The molecule has 0 aromatic heterocycles. The molecule has 1 aromatic rings. The molecule has 2 heterocycles. The molecule has 216 valence electrons. The standard InChI is InChI=1S/C24H32N2O2.C6H12.C3H4.C2H6/c1-5-7-11-18(3)23-24(4,15-8-6-2)26-22(25-23)17-28-21-14-16-27-20-13-10-9-12-19(20)21;1-3-5-6-4-2;1-3-2;1-2/h5,7-13,15,21,23H,6,14,16-17H2,1-4H3,(H,25,26);5-6H,3-4H2,1-2H3;1H,2H3;1-2H3/b7-5-,15-8+,18-11+;6-5-;;/t21?,23-,24+;;;/m1.../s1. The summed E-state index contributed by atoms with van der Waals surface area (Å²) in [4.78, 5) is 4.98. The van der Waals surface area contributed by atoms with E-state index in [2.05, 4.69) is 94.8 Å². The summed E-state index contributed by atoms with van der Waals surface area (Å²) in [6.45, 7) is 19.6. The molecule has 3 rings (SSSR count). The first-order valence-corrected chi connectivity index (χ1v) is 14.6. The quantitative estimate of drug-likeness (QED) is 0.195. The summed E-state index contributed by atoms with van der Waals surface area (Å²) in [6.07, 6.45) is 23.9. The maximum Gasteiger partial charge on any atom is 0.125 e. The molecule has 1 aromatic carbocycles. The lowest BCUT2D eigenvalue weighted by Crippen LogP contribution is -2.47. The van der Waals surface area contributed by atoms with Crippen LogP contribution in [0.5, 0.6) is 5.75 Å². The van der Waals surface area contributed by atoms with Crippen molar-refractivity contribution in [2.75, 3.05) is 13.2 Å². The molecule has 0 radical (unpaired) electrons. The van der Waals surface area contributed by atoms with Crippen LogP contribution in [0.3, 0.4) is 0 Å². The number of terminal acetylenes is 1. The number of nitrogens with zero attached hydrogens (tertiary/aromatic N) is 1. The van der Waals surface area contributed by atoms with Crippen molar-refractivity contribution in [1.82, 2.24) is 5.32 Å². The molecule has 0 amide bonds. The summed E-state index contributed by atoms with van der Waals surface area (Å²) in [7, 11) is 0. The molecule has 3 atom stereocenters. The number of hydrogen-bond donors (Lipinski definition) is 1. The van der Waals surface area contributed by atoms with Crippen molar-refractivity contribution in [2.24, 2.45) is 4.99 Å². The third-order valence-corrected chi connectivity index (χ3v) is 5.91. The van der Waals surface area contributed by atoms with Crippen molar-refractivity contribution in [2.45, 2.75) is 106 Å². The molecule has 0 fully saturated rings. The SMILES string of the molecule is C#CC.C/C=C\C=C(/C)[C@H]1N=C(COC2CCOc3ccccc32)N[C@@]1(C)/C=C/CC.CC.CC/C=C\CC. The predicted octanol–water partition coefficient (Wildman–Crippen LogP) is 9.17. The number of allylic oxidation sites excluding steroid dienone is 6. The molecule has 4 heteroatoms. The Morgan fingerprint density at radius 1 is 1.15 bits per heavy atom. The second-order valence-electron chi connectivity index (χ2n) is 9.18. The first-order chi connectivity index (χ1) is 18.9. The highest BCUT2D eigenvalue weighted by atomic mass is 16.5. The smallest absolute Gasteiger partial charge is 0.125 e. The molecule has 0 saturated heterocycles. The van der Waals surface area contributed by atoms with E-state index < -0.39 is 0 Å². The van der Waals surface area contributed by atoms with Gasteiger partial charge in [-0.25, -0.2) is 0 Å². The van der Waals surface area contributed by atoms with Gasteiger partial charge in [0.25, 0.3) is 0 Å². The Hall–Kier alpha value is -3.03. The van der Waals surface area contributed by atoms with Gasteiger partial charge in [-0.15, -0.1) is 12.3 Å². The number of nitrogens with one attached hydrogen (secondary N) is 1. The van der Waals surface area contributed by atoms with E-state index in [1.54, 1.807) is 6.92 Å². The number of para-hydroxylation sites is 1. The molecule has 0 aliphatic carbocycles. The van der Waals surface area contributed by atoms with Crippen molar-refractivity contribution in [3.05, 3.63) is 77.9 Å². The number of fused-ring (bicyclic) bond motifs is 1. The number of rotatable bonds is 9. The highest BCUT2D eigenvalue weighted by Crippen LogP contribution is 2.34. The molecule has 4 nitrogen and oxygen atoms in total. The Balaban J connectivity index is 0.00000113. The van der Waals surface area contributed by atoms with Crippen LogP contribution in [-0.2, 0) is 4.74 Å². The van der Waals surface area contributed by atoms with E-state index in [-0.39, 0.29) is 17.7 Å². The molecule has 39 heavy (non-hydrogen) atoms. The highest BCUT2D eigenvalue weighted by Gasteiger charge is 2.39. The first-order valence-electron chi connectivity index (χ1n) is 14.6. The second kappa shape index (κ2) is 21.9. The minimum Gasteiger partial charge on any atom is -0.493 e. The van der Waals surface area contributed by atoms with Crippen molar-refractivity contribution < 1.29 is 9.47 Å². The lowest BCUT2D eigenvalue weighted by molar-refractivity contribution is 0.0460. The number of aliphatic imine (C=N–C) groups is 1. The lowest BCUT2D eigenvalue weighted by atomic mass is 9.88. The number of hydrogen-bond acceptors (Lipinski definition) is 4. The minimum atomic E-state index is -0.232. The Morgan fingerprint density at radius 2 is 1.77 bits per heavy atom. The lowest BCUT2D eigenvalue weighted by Gasteiger charge is -2.29. The summed E-state index contributed by atoms with van der Waals surface area (Å²) in [5, 5.41) is 3.62. The van der Waals surface area contributed by atoms with Gasteiger partial charge in [0.05, 0.1) is 24.3 Å². The van der Waals surface area contributed by atoms with Crippen LogP contribution in [0.4, 0.5) is 0 Å². The largest absolute Gasteiger partial charge is 0.493 e. The normalized spacial score (nSPS) is 21.7. The number of amidine groups is 1. The van der Waals surface area contributed by atoms with Crippen molar-refractivity contribution in [3.8, 4) is 18.1 Å². The van der Waals surface area contributed by atoms with Gasteiger partial charge in [0.15, 0.2) is 0 Å². The fourth-order valence-corrected chi connectivity index (χ4v) is 4.18. The monoisotopic (exact) mass is 534 g/mol. The van der Waals surface area contributed by atoms with Crippen LogP contribution in [0, 0.1) is 12.3 Å². The topological polar surface area (TPSA) is 42.9 Å². The second-order valence-corrected chi connectivity index (χ2v) is 9.18. The fourth-order valence-electron chi connectivity index (χ4n) is 4.18. The number of benzene rings is 1. The van der Waals surface area contributed by atoms with E-state index in [0.717, 1.165) is 30.0 Å². The van der Waals surface area contributed by atoms with Crippen LogP contribution in [0.2, 0.25) is 0 Å². The Kier molecular flexibility index (Phi) is 20.2. The highest BCUT2D eigenvalue weighted by molar-refractivity contribution is 5.87. The molecule has 1 unspecified atom stereocenters. The van der Waals surface area contributed by atoms with E-state index >= 15 is 0 Å². The summed E-state index contributed by atoms with van der Waals surface area (Å²) >= 11 is 0. The maximum absolute atomic E-state index is 6.27. The van der Waals surface area contributed by atoms with E-state index in [9.17, 15) is 0 Å². The summed E-state index contributed by atoms with van der Waals surface area (Å²) in [6, 6.07) is 8.19. The molecule has 2 aliphatic rings. The van der Waals surface area contributed by atoms with Gasteiger partial charge in [-0.1, -0.05) is 95.3 Å². The third-order valence-electron chi connectivity index (χ3n) is 5.91. The zero-order valence-corrected chi connectivity index (χ0v) is 26.1. The van der Waals surface area contributed by atoms with Gasteiger partial charge in [0, 0.05) is 12.0 Å². The maximum atomic E-state index is 6.27.